The fourth-order valence-electron chi connectivity index (χ4n) is 1.81. The molecule has 0 bridgehead atoms. The molecule has 1 rings (SSSR count). The topological polar surface area (TPSA) is 67.9 Å². The Morgan fingerprint density at radius 2 is 2.00 bits per heavy atom. The van der Waals surface area contributed by atoms with E-state index in [0.29, 0.717) is 13.1 Å². The van der Waals surface area contributed by atoms with Crippen LogP contribution in [0.3, 0.4) is 0 Å². The van der Waals surface area contributed by atoms with E-state index in [2.05, 4.69) is 10.1 Å². The van der Waals surface area contributed by atoms with Gasteiger partial charge in [-0.15, -0.1) is 0 Å². The predicted octanol–water partition coefficient (Wildman–Crippen LogP) is 1.74. The van der Waals surface area contributed by atoms with E-state index in [1.165, 1.54) is 7.11 Å². The molecule has 0 saturated carbocycles. The zero-order chi connectivity index (χ0) is 13.8. The van der Waals surface area contributed by atoms with Gasteiger partial charge in [-0.1, -0.05) is 0 Å². The normalized spacial score (nSPS) is 20.2. The summed E-state index contributed by atoms with van der Waals surface area (Å²) in [7, 11) is 1.32. The Kier molecular flexibility index (Phi) is 4.81. The molecule has 0 aromatic carbocycles. The molecule has 1 fully saturated rings. The molecule has 0 radical (unpaired) electrons. The molecule has 0 spiro atoms. The average molecular weight is 258 g/mol. The van der Waals surface area contributed by atoms with Crippen molar-refractivity contribution in [1.82, 2.24) is 10.2 Å². The molecular weight excluding hydrogens is 236 g/mol. The van der Waals surface area contributed by atoms with E-state index < -0.39 is 11.7 Å². The molecule has 6 heteroatoms. The Labute approximate surface area is 108 Å². The van der Waals surface area contributed by atoms with Crippen LogP contribution in [-0.2, 0) is 9.47 Å². The van der Waals surface area contributed by atoms with E-state index in [0.717, 1.165) is 12.8 Å². The number of carbonyl (C=O) groups is 2. The minimum atomic E-state index is -0.500. The molecule has 1 saturated heterocycles. The van der Waals surface area contributed by atoms with Crippen molar-refractivity contribution >= 4 is 12.2 Å². The summed E-state index contributed by atoms with van der Waals surface area (Å²) in [6, 6.07) is -0.0706. The van der Waals surface area contributed by atoms with Crippen LogP contribution in [0.15, 0.2) is 0 Å². The van der Waals surface area contributed by atoms with Gasteiger partial charge in [0.25, 0.3) is 0 Å². The van der Waals surface area contributed by atoms with Gasteiger partial charge in [0.1, 0.15) is 5.60 Å². The zero-order valence-electron chi connectivity index (χ0n) is 11.5. The monoisotopic (exact) mass is 258 g/mol. The van der Waals surface area contributed by atoms with Crippen LogP contribution < -0.4 is 5.32 Å². The van der Waals surface area contributed by atoms with Gasteiger partial charge >= 0.3 is 12.2 Å². The molecule has 0 aromatic rings. The van der Waals surface area contributed by atoms with Gasteiger partial charge in [0, 0.05) is 19.1 Å². The number of piperidine rings is 1. The third-order valence-corrected chi connectivity index (χ3v) is 2.58. The average Bonchev–Trinajstić information content (AvgIpc) is 2.27. The second-order valence-corrected chi connectivity index (χ2v) is 5.40. The minimum absolute atomic E-state index is 0.0706. The summed E-state index contributed by atoms with van der Waals surface area (Å²) in [6.07, 6.45) is 0.882. The lowest BCUT2D eigenvalue weighted by molar-refractivity contribution is 0.0186. The molecule has 0 unspecified atom stereocenters. The van der Waals surface area contributed by atoms with Crippen LogP contribution in [0.4, 0.5) is 9.59 Å². The first-order valence-electron chi connectivity index (χ1n) is 6.14. The van der Waals surface area contributed by atoms with Crippen LogP contribution in [-0.4, -0.2) is 48.9 Å². The highest BCUT2D eigenvalue weighted by molar-refractivity contribution is 5.69. The van der Waals surface area contributed by atoms with Crippen molar-refractivity contribution in [2.24, 2.45) is 0 Å². The summed E-state index contributed by atoms with van der Waals surface area (Å²) in [5.41, 5.74) is -0.500. The lowest BCUT2D eigenvalue weighted by Crippen LogP contribution is -2.50. The van der Waals surface area contributed by atoms with Crippen LogP contribution in [0.25, 0.3) is 0 Å². The van der Waals surface area contributed by atoms with E-state index in [-0.39, 0.29) is 12.1 Å². The van der Waals surface area contributed by atoms with E-state index in [4.69, 9.17) is 4.74 Å². The van der Waals surface area contributed by atoms with Crippen molar-refractivity contribution in [2.45, 2.75) is 45.3 Å². The summed E-state index contributed by atoms with van der Waals surface area (Å²) in [6.45, 7) is 6.62. The SMILES string of the molecule is COC(=O)N[C@H]1CCCN(C(=O)OC(C)(C)C)C1. The first-order chi connectivity index (χ1) is 8.31. The second-order valence-electron chi connectivity index (χ2n) is 5.40. The fraction of sp³-hybridized carbons (Fsp3) is 0.833. The van der Waals surface area contributed by atoms with Gasteiger partial charge in [-0.2, -0.15) is 0 Å². The molecule has 1 aliphatic heterocycles. The lowest BCUT2D eigenvalue weighted by Gasteiger charge is -2.34. The highest BCUT2D eigenvalue weighted by Gasteiger charge is 2.28. The number of nitrogens with zero attached hydrogens (tertiary/aromatic N) is 1. The number of alkyl carbamates (subject to hydrolysis) is 1. The Hall–Kier alpha value is -1.46. The van der Waals surface area contributed by atoms with Crippen LogP contribution in [0, 0.1) is 0 Å². The van der Waals surface area contributed by atoms with Crippen molar-refractivity contribution < 1.29 is 19.1 Å². The van der Waals surface area contributed by atoms with Crippen LogP contribution in [0.2, 0.25) is 0 Å². The van der Waals surface area contributed by atoms with E-state index >= 15 is 0 Å². The largest absolute Gasteiger partial charge is 0.453 e. The molecule has 1 N–H and O–H groups in total. The molecular formula is C12H22N2O4. The lowest BCUT2D eigenvalue weighted by atomic mass is 10.1. The summed E-state index contributed by atoms with van der Waals surface area (Å²) in [4.78, 5) is 24.6. The van der Waals surface area contributed by atoms with Crippen molar-refractivity contribution in [3.05, 3.63) is 0 Å². The van der Waals surface area contributed by atoms with Crippen LogP contribution in [0.5, 0.6) is 0 Å². The van der Waals surface area contributed by atoms with Crippen LogP contribution in [0.1, 0.15) is 33.6 Å². The summed E-state index contributed by atoms with van der Waals surface area (Å²) in [5, 5.41) is 2.71. The van der Waals surface area contributed by atoms with Crippen molar-refractivity contribution in [1.29, 1.82) is 0 Å². The second kappa shape index (κ2) is 5.93. The summed E-state index contributed by atoms with van der Waals surface area (Å²) < 4.78 is 9.84. The number of likely N-dealkylation sites (tertiary alicyclic amines) is 1. The quantitative estimate of drug-likeness (QED) is 0.778. The van der Waals surface area contributed by atoms with Crippen molar-refractivity contribution in [2.75, 3.05) is 20.2 Å². The molecule has 0 aliphatic carbocycles. The molecule has 1 atom stereocenters. The standard InChI is InChI=1S/C12H22N2O4/c1-12(2,3)18-11(16)14-7-5-6-9(8-14)13-10(15)17-4/h9H,5-8H2,1-4H3,(H,13,15)/t9-/m0/s1. The predicted molar refractivity (Wildman–Crippen MR) is 66.4 cm³/mol. The van der Waals surface area contributed by atoms with Crippen molar-refractivity contribution in [3.63, 3.8) is 0 Å². The van der Waals surface area contributed by atoms with Gasteiger partial charge in [-0.3, -0.25) is 0 Å². The minimum Gasteiger partial charge on any atom is -0.453 e. The Bertz CT molecular complexity index is 312. The number of amides is 2. The number of nitrogens with one attached hydrogen (secondary N) is 1. The number of ether oxygens (including phenoxy) is 2. The number of rotatable bonds is 1. The first kappa shape index (κ1) is 14.6. The third-order valence-electron chi connectivity index (χ3n) is 2.58. The molecule has 18 heavy (non-hydrogen) atoms. The first-order valence-corrected chi connectivity index (χ1v) is 6.14. The van der Waals surface area contributed by atoms with E-state index in [1.54, 1.807) is 4.90 Å². The third kappa shape index (κ3) is 4.81. The molecule has 6 nitrogen and oxygen atoms in total. The Morgan fingerprint density at radius 1 is 1.33 bits per heavy atom. The van der Waals surface area contributed by atoms with Crippen LogP contribution >= 0.6 is 0 Å². The van der Waals surface area contributed by atoms with Gasteiger partial charge in [0.2, 0.25) is 0 Å². The molecule has 104 valence electrons. The highest BCUT2D eigenvalue weighted by Crippen LogP contribution is 2.15. The maximum atomic E-state index is 11.9. The fourth-order valence-corrected chi connectivity index (χ4v) is 1.81. The smallest absolute Gasteiger partial charge is 0.410 e. The Balaban J connectivity index is 2.48. The number of carbonyl (C=O) groups excluding carboxylic acids is 2. The number of methoxy groups -OCH3 is 1. The van der Waals surface area contributed by atoms with Gasteiger partial charge < -0.3 is 19.7 Å². The summed E-state index contributed by atoms with van der Waals surface area (Å²) in [5.74, 6) is 0. The van der Waals surface area contributed by atoms with E-state index in [9.17, 15) is 9.59 Å². The number of hydrogen-bond donors (Lipinski definition) is 1. The zero-order valence-corrected chi connectivity index (χ0v) is 11.5. The van der Waals surface area contributed by atoms with Crippen molar-refractivity contribution in [3.8, 4) is 0 Å². The Morgan fingerprint density at radius 3 is 2.56 bits per heavy atom. The highest BCUT2D eigenvalue weighted by atomic mass is 16.6. The molecule has 1 heterocycles. The van der Waals surface area contributed by atoms with E-state index in [1.807, 2.05) is 20.8 Å². The maximum Gasteiger partial charge on any atom is 0.410 e. The van der Waals surface area contributed by atoms with Gasteiger partial charge in [-0.25, -0.2) is 9.59 Å². The molecule has 2 amide bonds. The molecule has 1 aliphatic rings. The number of hydrogen-bond acceptors (Lipinski definition) is 4. The van der Waals surface area contributed by atoms with Gasteiger partial charge in [0.15, 0.2) is 0 Å². The van der Waals surface area contributed by atoms with Gasteiger partial charge in [-0.05, 0) is 33.6 Å². The van der Waals surface area contributed by atoms with Gasteiger partial charge in [0.05, 0.1) is 7.11 Å². The maximum absolute atomic E-state index is 11.9. The molecule has 0 aromatic heterocycles. The summed E-state index contributed by atoms with van der Waals surface area (Å²) >= 11 is 0.